The first-order chi connectivity index (χ1) is 12.1. The van der Waals surface area contributed by atoms with Crippen molar-refractivity contribution in [2.75, 3.05) is 11.9 Å². The molecule has 2 aromatic carbocycles. The topological polar surface area (TPSA) is 81.4 Å². The average molecular weight is 336 g/mol. The van der Waals surface area contributed by atoms with Crippen molar-refractivity contribution < 1.29 is 18.7 Å². The molecule has 0 fully saturated rings. The smallest absolute Gasteiger partial charge is 0.331 e. The summed E-state index contributed by atoms with van der Waals surface area (Å²) in [5.41, 5.74) is 3.07. The Labute approximate surface area is 144 Å². The Hall–Kier alpha value is -3.41. The number of carbonyl (C=O) groups is 2. The maximum Gasteiger partial charge on any atom is 0.331 e. The van der Waals surface area contributed by atoms with Crippen molar-refractivity contribution in [2.45, 2.75) is 6.92 Å². The highest BCUT2D eigenvalue weighted by Crippen LogP contribution is 2.15. The van der Waals surface area contributed by atoms with E-state index in [9.17, 15) is 9.59 Å². The molecule has 0 atom stereocenters. The number of anilines is 1. The minimum absolute atomic E-state index is 0.294. The van der Waals surface area contributed by atoms with Crippen LogP contribution in [0, 0.1) is 6.92 Å². The van der Waals surface area contributed by atoms with Crippen molar-refractivity contribution in [1.82, 2.24) is 4.98 Å². The number of nitrogens with one attached hydrogen (secondary N) is 1. The van der Waals surface area contributed by atoms with E-state index in [4.69, 9.17) is 9.15 Å². The molecule has 126 valence electrons. The van der Waals surface area contributed by atoms with Crippen molar-refractivity contribution in [1.29, 1.82) is 0 Å². The summed E-state index contributed by atoms with van der Waals surface area (Å²) in [6, 6.07) is 14.6. The molecular weight excluding hydrogens is 320 g/mol. The van der Waals surface area contributed by atoms with Gasteiger partial charge in [0, 0.05) is 17.8 Å². The van der Waals surface area contributed by atoms with Crippen molar-refractivity contribution in [3.63, 3.8) is 0 Å². The highest BCUT2D eigenvalue weighted by Gasteiger charge is 2.07. The molecule has 0 unspecified atom stereocenters. The third kappa shape index (κ3) is 4.54. The van der Waals surface area contributed by atoms with Gasteiger partial charge in [-0.1, -0.05) is 29.8 Å². The third-order valence-corrected chi connectivity index (χ3v) is 3.35. The van der Waals surface area contributed by atoms with Crippen LogP contribution in [0.15, 0.2) is 59.0 Å². The zero-order valence-electron chi connectivity index (χ0n) is 13.6. The lowest BCUT2D eigenvalue weighted by Crippen LogP contribution is -2.20. The highest BCUT2D eigenvalue weighted by molar-refractivity contribution is 5.94. The van der Waals surface area contributed by atoms with Crippen LogP contribution >= 0.6 is 0 Å². The number of esters is 1. The predicted molar refractivity (Wildman–Crippen MR) is 93.8 cm³/mol. The third-order valence-electron chi connectivity index (χ3n) is 3.35. The molecule has 3 rings (SSSR count). The molecular formula is C19H16N2O4. The number of hydrogen-bond donors (Lipinski definition) is 1. The quantitative estimate of drug-likeness (QED) is 0.571. The molecule has 1 N–H and O–H groups in total. The first-order valence-corrected chi connectivity index (χ1v) is 7.67. The van der Waals surface area contributed by atoms with Gasteiger partial charge in [-0.05, 0) is 31.2 Å². The number of benzene rings is 2. The van der Waals surface area contributed by atoms with Crippen LogP contribution in [-0.2, 0) is 14.3 Å². The second kappa shape index (κ2) is 7.44. The summed E-state index contributed by atoms with van der Waals surface area (Å²) < 4.78 is 10.3. The van der Waals surface area contributed by atoms with Crippen LogP contribution in [0.25, 0.3) is 17.2 Å². The summed E-state index contributed by atoms with van der Waals surface area (Å²) in [6.45, 7) is 1.58. The van der Waals surface area contributed by atoms with Crippen LogP contribution < -0.4 is 5.32 Å². The Morgan fingerprint density at radius 2 is 1.92 bits per heavy atom. The van der Waals surface area contributed by atoms with Crippen LogP contribution in [0.1, 0.15) is 11.5 Å². The molecule has 6 nitrogen and oxygen atoms in total. The average Bonchev–Trinajstić information content (AvgIpc) is 3.03. The molecule has 0 spiro atoms. The molecule has 0 aliphatic carbocycles. The summed E-state index contributed by atoms with van der Waals surface area (Å²) in [5, 5.41) is 2.64. The monoisotopic (exact) mass is 336 g/mol. The maximum absolute atomic E-state index is 11.8. The molecule has 6 heteroatoms. The molecule has 0 bridgehead atoms. The number of nitrogens with zero attached hydrogens (tertiary/aromatic N) is 1. The second-order valence-corrected chi connectivity index (χ2v) is 5.38. The van der Waals surface area contributed by atoms with E-state index in [2.05, 4.69) is 10.3 Å². The number of hydrogen-bond acceptors (Lipinski definition) is 5. The lowest BCUT2D eigenvalue weighted by atomic mass is 10.2. The van der Waals surface area contributed by atoms with Crippen molar-refractivity contribution >= 4 is 34.7 Å². The highest BCUT2D eigenvalue weighted by atomic mass is 16.5. The van der Waals surface area contributed by atoms with E-state index in [0.29, 0.717) is 22.7 Å². The first kappa shape index (κ1) is 16.4. The fourth-order valence-corrected chi connectivity index (χ4v) is 2.12. The number of amides is 1. The lowest BCUT2D eigenvalue weighted by Gasteiger charge is -2.05. The molecule has 0 aliphatic rings. The summed E-state index contributed by atoms with van der Waals surface area (Å²) in [6.07, 6.45) is 2.57. The van der Waals surface area contributed by atoms with Gasteiger partial charge in [-0.3, -0.25) is 4.79 Å². The van der Waals surface area contributed by atoms with Crippen molar-refractivity contribution in [2.24, 2.45) is 0 Å². The fraction of sp³-hybridized carbons (Fsp3) is 0.105. The molecule has 1 aromatic heterocycles. The Morgan fingerprint density at radius 1 is 1.16 bits per heavy atom. The summed E-state index contributed by atoms with van der Waals surface area (Å²) in [7, 11) is 0. The van der Waals surface area contributed by atoms with Crippen LogP contribution in [0.4, 0.5) is 5.69 Å². The number of ether oxygens (including phenoxy) is 1. The number of aryl methyl sites for hydroxylation is 1. The largest absolute Gasteiger partial charge is 0.452 e. The Kier molecular flexibility index (Phi) is 4.89. The lowest BCUT2D eigenvalue weighted by molar-refractivity contribution is -0.142. The van der Waals surface area contributed by atoms with Gasteiger partial charge in [0.25, 0.3) is 5.91 Å². The number of para-hydroxylation sites is 2. The fourth-order valence-electron chi connectivity index (χ4n) is 2.12. The van der Waals surface area contributed by atoms with Crippen LogP contribution in [-0.4, -0.2) is 23.5 Å². The standard InChI is InChI=1S/C19H16N2O4/c1-13-6-8-14(9-7-13)20-17(22)12-24-19(23)11-10-18-21-15-4-2-3-5-16(15)25-18/h2-11H,12H2,1H3,(H,20,22)/b11-10+. The maximum atomic E-state index is 11.8. The predicted octanol–water partition coefficient (Wildman–Crippen LogP) is 3.33. The second-order valence-electron chi connectivity index (χ2n) is 5.38. The minimum Gasteiger partial charge on any atom is -0.452 e. The zero-order valence-corrected chi connectivity index (χ0v) is 13.6. The van der Waals surface area contributed by atoms with Gasteiger partial charge in [-0.2, -0.15) is 0 Å². The molecule has 0 saturated heterocycles. The van der Waals surface area contributed by atoms with Gasteiger partial charge in [-0.15, -0.1) is 0 Å². The van der Waals surface area contributed by atoms with Crippen LogP contribution in [0.3, 0.4) is 0 Å². The SMILES string of the molecule is Cc1ccc(NC(=O)COC(=O)/C=C/c2nc3ccccc3o2)cc1. The van der Waals surface area contributed by atoms with Gasteiger partial charge in [0.05, 0.1) is 0 Å². The minimum atomic E-state index is -0.652. The van der Waals surface area contributed by atoms with Crippen molar-refractivity contribution in [3.05, 3.63) is 66.1 Å². The Balaban J connectivity index is 1.50. The van der Waals surface area contributed by atoms with E-state index in [1.165, 1.54) is 12.2 Å². The Morgan fingerprint density at radius 3 is 2.68 bits per heavy atom. The molecule has 0 saturated carbocycles. The number of fused-ring (bicyclic) bond motifs is 1. The molecule has 0 radical (unpaired) electrons. The van der Waals surface area contributed by atoms with Crippen LogP contribution in [0.2, 0.25) is 0 Å². The Bertz CT molecular complexity index is 893. The molecule has 3 aromatic rings. The summed E-state index contributed by atoms with van der Waals surface area (Å²) in [4.78, 5) is 27.6. The summed E-state index contributed by atoms with van der Waals surface area (Å²) >= 11 is 0. The van der Waals surface area contributed by atoms with E-state index in [-0.39, 0.29) is 6.61 Å². The number of aromatic nitrogens is 1. The molecule has 0 aliphatic heterocycles. The van der Waals surface area contributed by atoms with E-state index in [0.717, 1.165) is 5.56 Å². The normalized spacial score (nSPS) is 10.9. The number of carbonyl (C=O) groups excluding carboxylic acids is 2. The van der Waals surface area contributed by atoms with E-state index in [1.54, 1.807) is 18.2 Å². The first-order valence-electron chi connectivity index (χ1n) is 7.67. The van der Waals surface area contributed by atoms with E-state index in [1.807, 2.05) is 37.3 Å². The van der Waals surface area contributed by atoms with Gasteiger partial charge in [0.2, 0.25) is 5.89 Å². The van der Waals surface area contributed by atoms with Gasteiger partial charge >= 0.3 is 5.97 Å². The van der Waals surface area contributed by atoms with Crippen molar-refractivity contribution in [3.8, 4) is 0 Å². The number of oxazole rings is 1. The van der Waals surface area contributed by atoms with E-state index >= 15 is 0 Å². The van der Waals surface area contributed by atoms with Crippen LogP contribution in [0.5, 0.6) is 0 Å². The van der Waals surface area contributed by atoms with Gasteiger partial charge in [-0.25, -0.2) is 9.78 Å². The molecule has 1 heterocycles. The zero-order chi connectivity index (χ0) is 17.6. The number of rotatable bonds is 5. The van der Waals surface area contributed by atoms with E-state index < -0.39 is 11.9 Å². The molecule has 25 heavy (non-hydrogen) atoms. The summed E-state index contributed by atoms with van der Waals surface area (Å²) in [5.74, 6) is -0.768. The van der Waals surface area contributed by atoms with Gasteiger partial charge in [0.1, 0.15) is 5.52 Å². The molecule has 1 amide bonds. The van der Waals surface area contributed by atoms with Gasteiger partial charge in [0.15, 0.2) is 12.2 Å². The van der Waals surface area contributed by atoms with Gasteiger partial charge < -0.3 is 14.5 Å².